The lowest BCUT2D eigenvalue weighted by atomic mass is 10.1. The SMILES string of the molecule is Cc1nn(CC(=O)c2cc(F)ccc2F)c(C)c1C. The summed E-state index contributed by atoms with van der Waals surface area (Å²) in [6.45, 7) is 5.49. The number of halogens is 2. The minimum absolute atomic E-state index is 0.0963. The second-order valence-electron chi connectivity index (χ2n) is 4.50. The molecule has 0 aliphatic carbocycles. The van der Waals surface area contributed by atoms with Gasteiger partial charge >= 0.3 is 0 Å². The Hall–Kier alpha value is -2.04. The van der Waals surface area contributed by atoms with Gasteiger partial charge in [-0.15, -0.1) is 0 Å². The van der Waals surface area contributed by atoms with E-state index in [9.17, 15) is 13.6 Å². The quantitative estimate of drug-likeness (QED) is 0.799. The van der Waals surface area contributed by atoms with Gasteiger partial charge in [-0.05, 0) is 44.5 Å². The third-order valence-corrected chi connectivity index (χ3v) is 3.27. The van der Waals surface area contributed by atoms with E-state index in [1.54, 1.807) is 0 Å². The van der Waals surface area contributed by atoms with Gasteiger partial charge in [0.15, 0.2) is 5.78 Å². The van der Waals surface area contributed by atoms with Gasteiger partial charge in [0.25, 0.3) is 0 Å². The molecule has 1 aromatic heterocycles. The highest BCUT2D eigenvalue weighted by atomic mass is 19.1. The van der Waals surface area contributed by atoms with Gasteiger partial charge in [0.2, 0.25) is 0 Å². The van der Waals surface area contributed by atoms with Crippen LogP contribution in [0.15, 0.2) is 18.2 Å². The van der Waals surface area contributed by atoms with Crippen LogP contribution in [0, 0.1) is 32.4 Å². The predicted molar refractivity (Wildman–Crippen MR) is 67.1 cm³/mol. The Bertz CT molecular complexity index is 647. The maximum absolute atomic E-state index is 13.5. The maximum Gasteiger partial charge on any atom is 0.187 e. The lowest BCUT2D eigenvalue weighted by Crippen LogP contribution is -2.14. The number of hydrogen-bond donors (Lipinski definition) is 0. The molecule has 3 nitrogen and oxygen atoms in total. The Kier molecular flexibility index (Phi) is 3.46. The third-order valence-electron chi connectivity index (χ3n) is 3.27. The number of aromatic nitrogens is 2. The molecule has 0 spiro atoms. The van der Waals surface area contributed by atoms with Crippen LogP contribution in [0.3, 0.4) is 0 Å². The summed E-state index contributed by atoms with van der Waals surface area (Å²) in [6.07, 6.45) is 0. The van der Waals surface area contributed by atoms with Crippen molar-refractivity contribution in [2.24, 2.45) is 0 Å². The summed E-state index contributed by atoms with van der Waals surface area (Å²) in [6, 6.07) is 2.85. The molecular formula is C14H14F2N2O. The predicted octanol–water partition coefficient (Wildman–Crippen LogP) is 2.97. The van der Waals surface area contributed by atoms with E-state index in [0.717, 1.165) is 35.2 Å². The lowest BCUT2D eigenvalue weighted by molar-refractivity contribution is 0.0962. The zero-order valence-corrected chi connectivity index (χ0v) is 11.0. The van der Waals surface area contributed by atoms with Crippen molar-refractivity contribution in [2.75, 3.05) is 0 Å². The minimum Gasteiger partial charge on any atom is -0.292 e. The summed E-state index contributed by atoms with van der Waals surface area (Å²) in [5.41, 5.74) is 2.42. The Morgan fingerprint density at radius 2 is 1.95 bits per heavy atom. The van der Waals surface area contributed by atoms with Crippen molar-refractivity contribution in [3.05, 3.63) is 52.3 Å². The van der Waals surface area contributed by atoms with Crippen LogP contribution in [0.4, 0.5) is 8.78 Å². The molecule has 0 aliphatic heterocycles. The van der Waals surface area contributed by atoms with Crippen LogP contribution in [0.5, 0.6) is 0 Å². The molecule has 5 heteroatoms. The summed E-state index contributed by atoms with van der Waals surface area (Å²) in [5, 5.41) is 4.21. The first-order chi connectivity index (χ1) is 8.90. The number of hydrogen-bond acceptors (Lipinski definition) is 2. The largest absolute Gasteiger partial charge is 0.292 e. The fourth-order valence-electron chi connectivity index (χ4n) is 1.87. The molecule has 100 valence electrons. The number of carbonyl (C=O) groups excluding carboxylic acids is 1. The normalized spacial score (nSPS) is 10.8. The number of rotatable bonds is 3. The van der Waals surface area contributed by atoms with Crippen LogP contribution < -0.4 is 0 Å². The van der Waals surface area contributed by atoms with E-state index in [1.165, 1.54) is 4.68 Å². The van der Waals surface area contributed by atoms with E-state index in [-0.39, 0.29) is 12.1 Å². The Labute approximate surface area is 109 Å². The first kappa shape index (κ1) is 13.4. The molecule has 19 heavy (non-hydrogen) atoms. The van der Waals surface area contributed by atoms with Crippen LogP contribution in [0.1, 0.15) is 27.3 Å². The molecule has 0 fully saturated rings. The summed E-state index contributed by atoms with van der Waals surface area (Å²) >= 11 is 0. The van der Waals surface area contributed by atoms with Crippen molar-refractivity contribution in [3.63, 3.8) is 0 Å². The van der Waals surface area contributed by atoms with Crippen molar-refractivity contribution in [3.8, 4) is 0 Å². The molecule has 0 N–H and O–H groups in total. The minimum atomic E-state index is -0.718. The highest BCUT2D eigenvalue weighted by molar-refractivity contribution is 5.96. The molecule has 1 heterocycles. The molecule has 0 unspecified atom stereocenters. The average molecular weight is 264 g/mol. The van der Waals surface area contributed by atoms with Crippen molar-refractivity contribution in [2.45, 2.75) is 27.3 Å². The topological polar surface area (TPSA) is 34.9 Å². The molecule has 2 aromatic rings. The molecule has 1 aromatic carbocycles. The second-order valence-corrected chi connectivity index (χ2v) is 4.50. The smallest absolute Gasteiger partial charge is 0.187 e. The van der Waals surface area contributed by atoms with Crippen LogP contribution in [0.2, 0.25) is 0 Å². The van der Waals surface area contributed by atoms with E-state index in [4.69, 9.17) is 0 Å². The fraction of sp³-hybridized carbons (Fsp3) is 0.286. The van der Waals surface area contributed by atoms with Gasteiger partial charge in [0.05, 0.1) is 11.3 Å². The Morgan fingerprint density at radius 3 is 2.53 bits per heavy atom. The molecule has 0 saturated carbocycles. The number of carbonyl (C=O) groups is 1. The zero-order chi connectivity index (χ0) is 14.2. The molecule has 0 radical (unpaired) electrons. The maximum atomic E-state index is 13.5. The standard InChI is InChI=1S/C14H14F2N2O/c1-8-9(2)17-18(10(8)3)7-14(19)12-6-11(15)4-5-13(12)16/h4-6H,7H2,1-3H3. The van der Waals surface area contributed by atoms with Crippen LogP contribution in [0.25, 0.3) is 0 Å². The van der Waals surface area contributed by atoms with E-state index in [0.29, 0.717) is 0 Å². The van der Waals surface area contributed by atoms with Gasteiger partial charge in [0.1, 0.15) is 18.2 Å². The molecule has 0 amide bonds. The molecule has 0 atom stereocenters. The van der Waals surface area contributed by atoms with Crippen LogP contribution in [-0.4, -0.2) is 15.6 Å². The monoisotopic (exact) mass is 264 g/mol. The zero-order valence-electron chi connectivity index (χ0n) is 11.0. The first-order valence-corrected chi connectivity index (χ1v) is 5.89. The molecule has 0 saturated heterocycles. The van der Waals surface area contributed by atoms with Gasteiger partial charge < -0.3 is 0 Å². The Morgan fingerprint density at radius 1 is 1.26 bits per heavy atom. The summed E-state index contributed by atoms with van der Waals surface area (Å²) in [7, 11) is 0. The van der Waals surface area contributed by atoms with Gasteiger partial charge in [-0.25, -0.2) is 8.78 Å². The van der Waals surface area contributed by atoms with Gasteiger partial charge in [0, 0.05) is 5.69 Å². The van der Waals surface area contributed by atoms with E-state index in [1.807, 2.05) is 20.8 Å². The third kappa shape index (κ3) is 2.54. The molecular weight excluding hydrogens is 250 g/mol. The van der Waals surface area contributed by atoms with E-state index >= 15 is 0 Å². The van der Waals surface area contributed by atoms with Crippen molar-refractivity contribution in [1.29, 1.82) is 0 Å². The van der Waals surface area contributed by atoms with E-state index < -0.39 is 17.4 Å². The number of ketones is 1. The van der Waals surface area contributed by atoms with Gasteiger partial charge in [-0.2, -0.15) is 5.10 Å². The summed E-state index contributed by atoms with van der Waals surface area (Å²) in [4.78, 5) is 12.0. The summed E-state index contributed by atoms with van der Waals surface area (Å²) in [5.74, 6) is -1.85. The van der Waals surface area contributed by atoms with Crippen LogP contribution >= 0.6 is 0 Å². The number of benzene rings is 1. The molecule has 0 aliphatic rings. The second kappa shape index (κ2) is 4.91. The average Bonchev–Trinajstić information content (AvgIpc) is 2.60. The number of aryl methyl sites for hydroxylation is 1. The number of Topliss-reactive ketones (excluding diaryl/α,β-unsaturated/α-hetero) is 1. The Balaban J connectivity index is 2.30. The van der Waals surface area contributed by atoms with Crippen LogP contribution in [-0.2, 0) is 6.54 Å². The van der Waals surface area contributed by atoms with E-state index in [2.05, 4.69) is 5.10 Å². The lowest BCUT2D eigenvalue weighted by Gasteiger charge is -2.05. The van der Waals surface area contributed by atoms with Gasteiger partial charge in [-0.1, -0.05) is 0 Å². The van der Waals surface area contributed by atoms with Crippen molar-refractivity contribution >= 4 is 5.78 Å². The highest BCUT2D eigenvalue weighted by Gasteiger charge is 2.16. The van der Waals surface area contributed by atoms with Crippen molar-refractivity contribution < 1.29 is 13.6 Å². The van der Waals surface area contributed by atoms with Crippen molar-refractivity contribution in [1.82, 2.24) is 9.78 Å². The molecule has 2 rings (SSSR count). The first-order valence-electron chi connectivity index (χ1n) is 5.89. The number of nitrogens with zero attached hydrogens (tertiary/aromatic N) is 2. The molecule has 0 bridgehead atoms. The van der Waals surface area contributed by atoms with Gasteiger partial charge in [-0.3, -0.25) is 9.48 Å². The summed E-state index contributed by atoms with van der Waals surface area (Å²) < 4.78 is 28.1. The fourth-order valence-corrected chi connectivity index (χ4v) is 1.87. The highest BCUT2D eigenvalue weighted by Crippen LogP contribution is 2.14.